The minimum Gasteiger partial charge on any atom is -0.468 e. The molecule has 0 aromatic rings. The fraction of sp³-hybridized carbons (Fsp3) is 0.714. The van der Waals surface area contributed by atoms with Crippen molar-refractivity contribution in [1.82, 2.24) is 0 Å². The average molecular weight is 438 g/mol. The van der Waals surface area contributed by atoms with Crippen LogP contribution in [0, 0.1) is 34.5 Å². The maximum absolute atomic E-state index is 13.6. The van der Waals surface area contributed by atoms with Gasteiger partial charge in [-0.25, -0.2) is 0 Å². The zero-order chi connectivity index (χ0) is 23.1. The first-order valence-electron chi connectivity index (χ1n) is 10.1. The third-order valence-corrected chi connectivity index (χ3v) is 7.49. The Morgan fingerprint density at radius 3 is 1.06 bits per heavy atom. The van der Waals surface area contributed by atoms with E-state index in [0.29, 0.717) is 19.3 Å². The summed E-state index contributed by atoms with van der Waals surface area (Å²) in [7, 11) is 4.32. The molecule has 0 unspecified atom stereocenters. The number of carbonyl (C=O) groups excluding carboxylic acids is 6. The van der Waals surface area contributed by atoms with Crippen LogP contribution in [0.1, 0.15) is 32.1 Å². The molecule has 10 heteroatoms. The van der Waals surface area contributed by atoms with Crippen LogP contribution >= 0.6 is 0 Å². The molecule has 0 bridgehead atoms. The molecule has 0 aliphatic heterocycles. The van der Waals surface area contributed by atoms with E-state index in [1.165, 1.54) is 0 Å². The lowest BCUT2D eigenvalue weighted by Crippen LogP contribution is -2.51. The summed E-state index contributed by atoms with van der Waals surface area (Å²) in [5.41, 5.74) is -3.31. The first kappa shape index (κ1) is 22.9. The molecule has 0 aromatic heterocycles. The molecule has 0 aromatic carbocycles. The molecule has 3 aliphatic carbocycles. The van der Waals surface area contributed by atoms with Gasteiger partial charge in [-0.05, 0) is 12.8 Å². The van der Waals surface area contributed by atoms with Crippen LogP contribution in [0.15, 0.2) is 0 Å². The highest BCUT2D eigenvalue weighted by atomic mass is 16.5. The Balaban J connectivity index is 2.47. The molecule has 0 radical (unpaired) electrons. The normalized spacial score (nSPS) is 36.6. The number of esters is 4. The zero-order valence-corrected chi connectivity index (χ0v) is 17.9. The SMILES string of the molecule is COC(=O)[C@@H]1C(=O)[C@H](C(=O)OC)C23CCCCCC12[C@H](C(=O)OC)C(=O)[C@@H]3C(=O)OC. The molecule has 3 saturated carbocycles. The van der Waals surface area contributed by atoms with Gasteiger partial charge in [0.05, 0.1) is 28.4 Å². The lowest BCUT2D eigenvalue weighted by Gasteiger charge is -2.45. The van der Waals surface area contributed by atoms with Crippen molar-refractivity contribution in [1.29, 1.82) is 0 Å². The monoisotopic (exact) mass is 438 g/mol. The molecule has 0 amide bonds. The van der Waals surface area contributed by atoms with Crippen LogP contribution < -0.4 is 0 Å². The number of ketones is 2. The molecule has 0 heterocycles. The van der Waals surface area contributed by atoms with Crippen molar-refractivity contribution in [3.05, 3.63) is 0 Å². The van der Waals surface area contributed by atoms with Crippen molar-refractivity contribution in [3.63, 3.8) is 0 Å². The van der Waals surface area contributed by atoms with Gasteiger partial charge in [0, 0.05) is 10.8 Å². The molecular formula is C21H26O10. The third kappa shape index (κ3) is 2.69. The quantitative estimate of drug-likeness (QED) is 0.341. The minimum atomic E-state index is -1.66. The van der Waals surface area contributed by atoms with E-state index < -0.39 is 69.9 Å². The Labute approximate surface area is 178 Å². The van der Waals surface area contributed by atoms with E-state index in [1.807, 2.05) is 0 Å². The smallest absolute Gasteiger partial charge is 0.316 e. The molecule has 170 valence electrons. The number of ether oxygens (including phenoxy) is 4. The number of Topliss-reactive ketones (excluding diaryl/α,β-unsaturated/α-hetero) is 2. The van der Waals surface area contributed by atoms with Gasteiger partial charge < -0.3 is 18.9 Å². The van der Waals surface area contributed by atoms with Crippen molar-refractivity contribution in [3.8, 4) is 0 Å². The van der Waals surface area contributed by atoms with Gasteiger partial charge in [-0.2, -0.15) is 0 Å². The predicted octanol–water partition coefficient (Wildman–Crippen LogP) is 0.246. The van der Waals surface area contributed by atoms with E-state index in [9.17, 15) is 28.8 Å². The van der Waals surface area contributed by atoms with E-state index in [0.717, 1.165) is 28.4 Å². The van der Waals surface area contributed by atoms with Gasteiger partial charge >= 0.3 is 23.9 Å². The average Bonchev–Trinajstić information content (AvgIpc) is 2.98. The lowest BCUT2D eigenvalue weighted by molar-refractivity contribution is -0.169. The van der Waals surface area contributed by atoms with Gasteiger partial charge in [0.2, 0.25) is 0 Å². The van der Waals surface area contributed by atoms with Crippen LogP contribution in [0.3, 0.4) is 0 Å². The Kier molecular flexibility index (Phi) is 5.94. The summed E-state index contributed by atoms with van der Waals surface area (Å²) in [5, 5.41) is 0. The molecule has 0 spiro atoms. The molecule has 0 N–H and O–H groups in total. The second-order valence-electron chi connectivity index (χ2n) is 8.27. The second-order valence-corrected chi connectivity index (χ2v) is 8.27. The fourth-order valence-electron chi connectivity index (χ4n) is 6.59. The molecular weight excluding hydrogens is 412 g/mol. The topological polar surface area (TPSA) is 139 Å². The predicted molar refractivity (Wildman–Crippen MR) is 100.0 cm³/mol. The summed E-state index contributed by atoms with van der Waals surface area (Å²) in [5.74, 6) is -11.9. The number of carbonyl (C=O) groups is 6. The van der Waals surface area contributed by atoms with Gasteiger partial charge in [-0.1, -0.05) is 19.3 Å². The molecule has 3 rings (SSSR count). The summed E-state index contributed by atoms with van der Waals surface area (Å²) < 4.78 is 19.5. The maximum Gasteiger partial charge on any atom is 0.316 e. The molecule has 0 saturated heterocycles. The van der Waals surface area contributed by atoms with Crippen LogP contribution in [0.2, 0.25) is 0 Å². The van der Waals surface area contributed by atoms with Crippen molar-refractivity contribution >= 4 is 35.4 Å². The zero-order valence-electron chi connectivity index (χ0n) is 17.9. The van der Waals surface area contributed by atoms with Gasteiger partial charge in [0.25, 0.3) is 0 Å². The summed E-state index contributed by atoms with van der Waals surface area (Å²) in [6.45, 7) is 0. The Bertz CT molecular complexity index is 723. The third-order valence-electron chi connectivity index (χ3n) is 7.49. The Hall–Kier alpha value is -2.78. The molecule has 3 aliphatic rings. The van der Waals surface area contributed by atoms with Crippen LogP contribution in [-0.4, -0.2) is 63.9 Å². The van der Waals surface area contributed by atoms with Crippen molar-refractivity contribution in [2.24, 2.45) is 34.5 Å². The highest BCUT2D eigenvalue weighted by Gasteiger charge is 2.85. The van der Waals surface area contributed by atoms with Crippen molar-refractivity contribution < 1.29 is 47.7 Å². The standard InChI is InChI=1S/C21H26O10/c1-28-16(24)10-14(22)11(17(25)29-2)21-9-7-5-6-8-20(10,21)12(18(26)30-3)15(23)13(21)19(27)31-4/h10-13H,5-9H2,1-4H3/t10-,11+,12-,13+,20?,21?. The van der Waals surface area contributed by atoms with Crippen molar-refractivity contribution in [2.45, 2.75) is 32.1 Å². The highest BCUT2D eigenvalue weighted by Crippen LogP contribution is 2.74. The van der Waals surface area contributed by atoms with Gasteiger partial charge in [0.1, 0.15) is 23.7 Å². The first-order chi connectivity index (χ1) is 14.7. The lowest BCUT2D eigenvalue weighted by atomic mass is 9.54. The van der Waals surface area contributed by atoms with Crippen molar-refractivity contribution in [2.75, 3.05) is 28.4 Å². The van der Waals surface area contributed by atoms with E-state index in [1.54, 1.807) is 0 Å². The summed E-state index contributed by atoms with van der Waals surface area (Å²) in [6, 6.07) is 0. The minimum absolute atomic E-state index is 0.0883. The van der Waals surface area contributed by atoms with E-state index in [-0.39, 0.29) is 12.8 Å². The maximum atomic E-state index is 13.6. The van der Waals surface area contributed by atoms with E-state index in [2.05, 4.69) is 0 Å². The van der Waals surface area contributed by atoms with E-state index in [4.69, 9.17) is 18.9 Å². The van der Waals surface area contributed by atoms with E-state index >= 15 is 0 Å². The molecule has 4 atom stereocenters. The van der Waals surface area contributed by atoms with Crippen LogP contribution in [0.4, 0.5) is 0 Å². The number of rotatable bonds is 4. The molecule has 3 fully saturated rings. The number of methoxy groups -OCH3 is 4. The Morgan fingerprint density at radius 2 is 0.839 bits per heavy atom. The summed E-state index contributed by atoms with van der Waals surface area (Å²) in [6.07, 6.45) is 1.79. The van der Waals surface area contributed by atoms with Gasteiger partial charge in [-0.3, -0.25) is 28.8 Å². The number of hydrogen-bond donors (Lipinski definition) is 0. The second kappa shape index (κ2) is 8.05. The molecule has 31 heavy (non-hydrogen) atoms. The number of hydrogen-bond acceptors (Lipinski definition) is 10. The van der Waals surface area contributed by atoms with Crippen LogP contribution in [0.25, 0.3) is 0 Å². The molecule has 10 nitrogen and oxygen atoms in total. The van der Waals surface area contributed by atoms with Crippen LogP contribution in [-0.2, 0) is 47.7 Å². The summed E-state index contributed by atoms with van der Waals surface area (Å²) >= 11 is 0. The van der Waals surface area contributed by atoms with Gasteiger partial charge in [0.15, 0.2) is 11.6 Å². The summed E-state index contributed by atoms with van der Waals surface area (Å²) in [4.78, 5) is 78.8. The first-order valence-corrected chi connectivity index (χ1v) is 10.1. The largest absolute Gasteiger partial charge is 0.468 e. The highest BCUT2D eigenvalue weighted by molar-refractivity contribution is 6.20. The fourth-order valence-corrected chi connectivity index (χ4v) is 6.59. The van der Waals surface area contributed by atoms with Gasteiger partial charge in [-0.15, -0.1) is 0 Å². The Morgan fingerprint density at radius 1 is 0.581 bits per heavy atom. The van der Waals surface area contributed by atoms with Crippen LogP contribution in [0.5, 0.6) is 0 Å².